The first-order valence-electron chi connectivity index (χ1n) is 16.1. The Morgan fingerprint density at radius 3 is 2.83 bits per heavy atom. The minimum Gasteiger partial charge on any atom is -0.461 e. The fraction of sp³-hybridized carbons (Fsp3) is 0.382. The van der Waals surface area contributed by atoms with Gasteiger partial charge < -0.3 is 15.4 Å². The molecular weight excluding hydrogens is 603 g/mol. The van der Waals surface area contributed by atoms with Crippen LogP contribution in [0.2, 0.25) is 0 Å². The monoisotopic (exact) mass is 634 g/mol. The van der Waals surface area contributed by atoms with E-state index in [1.54, 1.807) is 9.80 Å². The lowest BCUT2D eigenvalue weighted by molar-refractivity contribution is 0.107. The summed E-state index contributed by atoms with van der Waals surface area (Å²) in [7, 11) is 0. The molecule has 12 heteroatoms. The fourth-order valence-electron chi connectivity index (χ4n) is 7.48. The number of terminal acetylenes is 1. The highest BCUT2D eigenvalue weighted by atomic mass is 19.2. The molecule has 0 spiro atoms. The van der Waals surface area contributed by atoms with Gasteiger partial charge in [0.05, 0.1) is 25.3 Å². The zero-order valence-electron chi connectivity index (χ0n) is 26.4. The summed E-state index contributed by atoms with van der Waals surface area (Å²) in [6.07, 6.45) is 9.54. The summed E-state index contributed by atoms with van der Waals surface area (Å²) in [6, 6.07) is 2.50. The van der Waals surface area contributed by atoms with Gasteiger partial charge in [-0.25, -0.2) is 22.0 Å². The van der Waals surface area contributed by atoms with E-state index < -0.39 is 59.5 Å². The van der Waals surface area contributed by atoms with E-state index >= 15 is 8.78 Å². The number of hydrogen-bond donors (Lipinski definition) is 1. The third-order valence-corrected chi connectivity index (χ3v) is 9.67. The van der Waals surface area contributed by atoms with Gasteiger partial charge in [-0.3, -0.25) is 9.88 Å². The minimum absolute atomic E-state index is 0.000352. The van der Waals surface area contributed by atoms with Crippen molar-refractivity contribution >= 4 is 33.2 Å². The van der Waals surface area contributed by atoms with Crippen molar-refractivity contribution in [1.82, 2.24) is 19.9 Å². The summed E-state index contributed by atoms with van der Waals surface area (Å²) >= 11 is 0. The number of alkyl halides is 2. The van der Waals surface area contributed by atoms with Crippen LogP contribution in [-0.2, 0) is 0 Å². The van der Waals surface area contributed by atoms with Gasteiger partial charge in [0, 0.05) is 48.3 Å². The van der Waals surface area contributed by atoms with Gasteiger partial charge >= 0.3 is 6.01 Å². The Kier molecular flexibility index (Phi) is 6.10. The van der Waals surface area contributed by atoms with Crippen LogP contribution in [-0.4, -0.2) is 70.0 Å². The summed E-state index contributed by atoms with van der Waals surface area (Å²) < 4.78 is 99.7. The lowest BCUT2D eigenvalue weighted by atomic mass is 9.95. The van der Waals surface area contributed by atoms with Crippen LogP contribution in [0.25, 0.3) is 32.9 Å². The smallest absolute Gasteiger partial charge is 0.319 e. The van der Waals surface area contributed by atoms with Crippen molar-refractivity contribution in [1.29, 1.82) is 0 Å². The van der Waals surface area contributed by atoms with Gasteiger partial charge in [0.1, 0.15) is 35.9 Å². The quantitative estimate of drug-likeness (QED) is 0.127. The van der Waals surface area contributed by atoms with E-state index in [1.165, 1.54) is 18.3 Å². The summed E-state index contributed by atoms with van der Waals surface area (Å²) in [4.78, 5) is 16.6. The first kappa shape index (κ1) is 26.7. The van der Waals surface area contributed by atoms with Crippen molar-refractivity contribution in [2.45, 2.75) is 49.6 Å². The fourth-order valence-corrected chi connectivity index (χ4v) is 7.48. The molecular formula is C34H29F5N6O. The second-order valence-electron chi connectivity index (χ2n) is 12.4. The van der Waals surface area contributed by atoms with E-state index in [-0.39, 0.29) is 69.9 Å². The second-order valence-corrected chi connectivity index (χ2v) is 12.4. The summed E-state index contributed by atoms with van der Waals surface area (Å²) in [5, 5.41) is 0.205. The Balaban J connectivity index is 1.33. The number of ether oxygens (including phenoxy) is 1. The number of nitrogens with zero attached hydrogens (tertiary/aromatic N) is 5. The van der Waals surface area contributed by atoms with Crippen LogP contribution in [0.4, 0.5) is 33.5 Å². The molecule has 0 bridgehead atoms. The second kappa shape index (κ2) is 10.5. The maximum absolute atomic E-state index is 16.9. The number of pyridine rings is 1. The number of fused-ring (bicyclic) bond motifs is 4. The van der Waals surface area contributed by atoms with Gasteiger partial charge in [-0.2, -0.15) is 9.97 Å². The Morgan fingerprint density at radius 2 is 2.00 bits per heavy atom. The summed E-state index contributed by atoms with van der Waals surface area (Å²) in [6.45, 7) is -1.70. The van der Waals surface area contributed by atoms with Crippen LogP contribution >= 0.6 is 0 Å². The zero-order valence-corrected chi connectivity index (χ0v) is 24.4. The first-order valence-corrected chi connectivity index (χ1v) is 15.1. The number of hydrogen-bond acceptors (Lipinski definition) is 7. The zero-order chi connectivity index (χ0) is 33.7. The highest BCUT2D eigenvalue weighted by molar-refractivity contribution is 6.04. The van der Waals surface area contributed by atoms with Crippen LogP contribution in [0.3, 0.4) is 0 Å². The van der Waals surface area contributed by atoms with Crippen molar-refractivity contribution in [3.05, 3.63) is 59.6 Å². The number of rotatable bonds is 5. The highest BCUT2D eigenvalue weighted by Gasteiger charge is 2.55. The van der Waals surface area contributed by atoms with E-state index in [9.17, 15) is 13.2 Å². The van der Waals surface area contributed by atoms with Crippen LogP contribution in [0.15, 0.2) is 36.5 Å². The molecule has 2 aromatic heterocycles. The molecule has 236 valence electrons. The Hall–Kier alpha value is -4.50. The third kappa shape index (κ3) is 4.39. The molecule has 7 nitrogen and oxygen atoms in total. The Bertz CT molecular complexity index is 2090. The Morgan fingerprint density at radius 1 is 1.15 bits per heavy atom. The van der Waals surface area contributed by atoms with Crippen molar-refractivity contribution in [3.8, 4) is 29.6 Å². The molecule has 3 fully saturated rings. The number of benzene rings is 2. The van der Waals surface area contributed by atoms with E-state index in [0.717, 1.165) is 6.07 Å². The average Bonchev–Trinajstić information content (AvgIpc) is 3.39. The maximum Gasteiger partial charge on any atom is 0.319 e. The van der Waals surface area contributed by atoms with Crippen molar-refractivity contribution < 1.29 is 29.4 Å². The lowest BCUT2D eigenvalue weighted by Gasteiger charge is -2.31. The van der Waals surface area contributed by atoms with Gasteiger partial charge in [-0.15, -0.1) is 6.42 Å². The SMILES string of the molecule is [2H]C([2H])(Oc1nc(N2CC=CC[C@@H]3C2[C@H]3F)c2cnc(-c3cc(N)cc4cc(F)c(F)c(C#C)c34)c(F)c2n1)[C@@]12CCCN1C[C@H](F)C2. The number of nitrogen functional groups attached to an aromatic ring is 1. The largest absolute Gasteiger partial charge is 0.461 e. The van der Waals surface area contributed by atoms with Gasteiger partial charge in [-0.1, -0.05) is 18.1 Å². The number of anilines is 2. The third-order valence-electron chi connectivity index (χ3n) is 9.67. The first-order chi connectivity index (χ1) is 22.9. The molecule has 2 saturated heterocycles. The van der Waals surface area contributed by atoms with Crippen LogP contribution < -0.4 is 15.4 Å². The van der Waals surface area contributed by atoms with Gasteiger partial charge in [0.25, 0.3) is 0 Å². The molecule has 4 aromatic rings. The molecule has 3 aliphatic heterocycles. The van der Waals surface area contributed by atoms with E-state index in [2.05, 4.69) is 20.9 Å². The molecule has 1 unspecified atom stereocenters. The number of halogens is 5. The molecule has 0 radical (unpaired) electrons. The molecule has 8 rings (SSSR count). The van der Waals surface area contributed by atoms with Crippen LogP contribution in [0.5, 0.6) is 6.01 Å². The van der Waals surface area contributed by atoms with E-state index in [1.807, 2.05) is 12.2 Å². The molecule has 2 N–H and O–H groups in total. The molecule has 5 heterocycles. The average molecular weight is 635 g/mol. The maximum atomic E-state index is 16.9. The lowest BCUT2D eigenvalue weighted by Crippen LogP contribution is -2.43. The number of aromatic nitrogens is 3. The van der Waals surface area contributed by atoms with Gasteiger partial charge in [0.15, 0.2) is 17.5 Å². The van der Waals surface area contributed by atoms with Crippen molar-refractivity contribution in [2.24, 2.45) is 5.92 Å². The summed E-state index contributed by atoms with van der Waals surface area (Å²) in [5.74, 6) is -1.62. The Labute approximate surface area is 264 Å². The summed E-state index contributed by atoms with van der Waals surface area (Å²) in [5.41, 5.74) is 3.75. The normalized spacial score (nSPS) is 28.0. The minimum atomic E-state index is -2.49. The van der Waals surface area contributed by atoms with Crippen LogP contribution in [0.1, 0.15) is 34.0 Å². The number of nitrogens with two attached hydrogens (primary N) is 1. The van der Waals surface area contributed by atoms with Gasteiger partial charge in [-0.05, 0) is 49.4 Å². The van der Waals surface area contributed by atoms with Crippen molar-refractivity contribution in [3.63, 3.8) is 0 Å². The molecule has 2 aromatic carbocycles. The highest BCUT2D eigenvalue weighted by Crippen LogP contribution is 2.47. The molecule has 1 saturated carbocycles. The molecule has 46 heavy (non-hydrogen) atoms. The van der Waals surface area contributed by atoms with Gasteiger partial charge in [0.2, 0.25) is 0 Å². The van der Waals surface area contributed by atoms with Crippen LogP contribution in [0, 0.1) is 35.7 Å². The molecule has 4 aliphatic rings. The molecule has 1 aliphatic carbocycles. The van der Waals surface area contributed by atoms with E-state index in [0.29, 0.717) is 25.8 Å². The topological polar surface area (TPSA) is 80.4 Å². The van der Waals surface area contributed by atoms with Crippen molar-refractivity contribution in [2.75, 3.05) is 36.8 Å². The number of allylic oxidation sites excluding steroid dienone is 1. The molecule has 0 amide bonds. The predicted molar refractivity (Wildman–Crippen MR) is 164 cm³/mol. The standard InChI is InChI=1S/C34H29F5N6O/c1-2-20-25-17(11-24(36)26(20)37)10-19(40)12-22(25)29-28(39)30-23(14-41-29)32(45-9-4-3-6-21-27(38)31(21)45)43-33(42-30)46-16-34-7-5-8-44(34)15-18(35)13-34/h1,3-4,10-12,14,18,21,27,31H,5-9,13,15-16,40H2/t18-,21+,27+,31?,34+/m1/s1/i16D2. The van der Waals surface area contributed by atoms with E-state index in [4.69, 9.17) is 19.6 Å². The predicted octanol–water partition coefficient (Wildman–Crippen LogP) is 5.88. The molecule has 5 atom stereocenters.